The van der Waals surface area contributed by atoms with Crippen LogP contribution in [0.3, 0.4) is 0 Å². The van der Waals surface area contributed by atoms with Crippen molar-refractivity contribution in [2.75, 3.05) is 26.7 Å². The van der Waals surface area contributed by atoms with Crippen LogP contribution in [0.15, 0.2) is 58.0 Å². The molecule has 0 N–H and O–H groups in total. The second-order valence-electron chi connectivity index (χ2n) is 7.05. The third kappa shape index (κ3) is 3.18. The van der Waals surface area contributed by atoms with Gasteiger partial charge in [-0.05, 0) is 47.6 Å². The molecule has 6 nitrogen and oxygen atoms in total. The fraction of sp³-hybridized carbons (Fsp3) is 0.300. The Morgan fingerprint density at radius 3 is 2.96 bits per heavy atom. The van der Waals surface area contributed by atoms with Crippen molar-refractivity contribution >= 4 is 16.9 Å². The molecule has 1 aliphatic heterocycles. The second kappa shape index (κ2) is 6.92. The van der Waals surface area contributed by atoms with Crippen LogP contribution in [0, 0.1) is 0 Å². The van der Waals surface area contributed by atoms with E-state index in [0.717, 1.165) is 48.7 Å². The maximum Gasteiger partial charge on any atom is 0.117 e. The first-order valence-electron chi connectivity index (χ1n) is 9.10. The van der Waals surface area contributed by atoms with E-state index in [1.54, 1.807) is 17.6 Å². The number of aromatic nitrogens is 3. The number of pyridine rings is 1. The average Bonchev–Trinajstić information content (AvgIpc) is 3.44. The van der Waals surface area contributed by atoms with Gasteiger partial charge in [0.25, 0.3) is 0 Å². The van der Waals surface area contributed by atoms with E-state index in [-0.39, 0.29) is 6.04 Å². The topological polar surface area (TPSA) is 49.8 Å². The summed E-state index contributed by atoms with van der Waals surface area (Å²) in [7, 11) is 2.17. The van der Waals surface area contributed by atoms with Gasteiger partial charge in [0.1, 0.15) is 11.5 Å². The van der Waals surface area contributed by atoms with Crippen molar-refractivity contribution in [2.24, 2.45) is 0 Å². The highest BCUT2D eigenvalue weighted by Gasteiger charge is 2.29. The number of likely N-dealkylation sites (N-methyl/N-ethyl adjacent to an activating group) is 1. The van der Waals surface area contributed by atoms with Crippen LogP contribution >= 0.6 is 11.3 Å². The molecule has 1 saturated heterocycles. The van der Waals surface area contributed by atoms with E-state index in [0.29, 0.717) is 0 Å². The average molecular weight is 379 g/mol. The molecular weight excluding hydrogens is 358 g/mol. The van der Waals surface area contributed by atoms with Crippen LogP contribution in [-0.2, 0) is 6.54 Å². The molecule has 4 aromatic heterocycles. The minimum Gasteiger partial charge on any atom is -0.468 e. The zero-order valence-electron chi connectivity index (χ0n) is 15.2. The van der Waals surface area contributed by atoms with Crippen LogP contribution in [0.4, 0.5) is 0 Å². The van der Waals surface area contributed by atoms with Gasteiger partial charge in [-0.3, -0.25) is 9.80 Å². The summed E-state index contributed by atoms with van der Waals surface area (Å²) < 4.78 is 7.43. The summed E-state index contributed by atoms with van der Waals surface area (Å²) in [6, 6.07) is 10.6. The van der Waals surface area contributed by atoms with Gasteiger partial charge in [-0.2, -0.15) is 11.3 Å². The summed E-state index contributed by atoms with van der Waals surface area (Å²) in [5, 5.41) is 13.2. The lowest BCUT2D eigenvalue weighted by Gasteiger charge is -2.38. The van der Waals surface area contributed by atoms with E-state index < -0.39 is 0 Å². The van der Waals surface area contributed by atoms with Crippen LogP contribution < -0.4 is 0 Å². The largest absolute Gasteiger partial charge is 0.468 e. The predicted octanol–water partition coefficient (Wildman–Crippen LogP) is 3.54. The molecule has 0 aliphatic carbocycles. The van der Waals surface area contributed by atoms with Crippen molar-refractivity contribution in [3.05, 3.63) is 65.0 Å². The molecule has 138 valence electrons. The lowest BCUT2D eigenvalue weighted by Crippen LogP contribution is -2.46. The van der Waals surface area contributed by atoms with Crippen LogP contribution in [0.5, 0.6) is 0 Å². The van der Waals surface area contributed by atoms with E-state index in [1.807, 2.05) is 16.6 Å². The third-order valence-corrected chi connectivity index (χ3v) is 5.99. The monoisotopic (exact) mass is 379 g/mol. The molecule has 4 aromatic rings. The summed E-state index contributed by atoms with van der Waals surface area (Å²) >= 11 is 1.70. The Bertz CT molecular complexity index is 1020. The van der Waals surface area contributed by atoms with Gasteiger partial charge < -0.3 is 4.42 Å². The number of thiophene rings is 1. The van der Waals surface area contributed by atoms with E-state index in [2.05, 4.69) is 62.3 Å². The van der Waals surface area contributed by atoms with Crippen molar-refractivity contribution in [3.63, 3.8) is 0 Å². The first-order chi connectivity index (χ1) is 13.3. The Kier molecular flexibility index (Phi) is 4.27. The first kappa shape index (κ1) is 16.7. The highest BCUT2D eigenvalue weighted by Crippen LogP contribution is 2.28. The van der Waals surface area contributed by atoms with Gasteiger partial charge in [0.2, 0.25) is 0 Å². The minimum absolute atomic E-state index is 0.221. The molecular formula is C20H21N5OS. The number of hydrogen-bond acceptors (Lipinski definition) is 6. The van der Waals surface area contributed by atoms with Crippen molar-refractivity contribution in [2.45, 2.75) is 12.6 Å². The lowest BCUT2D eigenvalue weighted by atomic mass is 10.1. The zero-order valence-corrected chi connectivity index (χ0v) is 16.0. The molecule has 5 rings (SSSR count). The van der Waals surface area contributed by atoms with Crippen molar-refractivity contribution in [3.8, 4) is 11.1 Å². The Morgan fingerprint density at radius 2 is 2.15 bits per heavy atom. The maximum absolute atomic E-state index is 5.52. The summed E-state index contributed by atoms with van der Waals surface area (Å²) in [5.41, 5.74) is 4.50. The normalized spacial score (nSPS) is 19.1. The fourth-order valence-corrected chi connectivity index (χ4v) is 4.41. The van der Waals surface area contributed by atoms with Crippen LogP contribution in [0.1, 0.15) is 17.5 Å². The van der Waals surface area contributed by atoms with E-state index >= 15 is 0 Å². The minimum atomic E-state index is 0.221. The van der Waals surface area contributed by atoms with Crippen molar-refractivity contribution in [1.82, 2.24) is 24.6 Å². The molecule has 0 amide bonds. The molecule has 7 heteroatoms. The van der Waals surface area contributed by atoms with Gasteiger partial charge in [-0.25, -0.2) is 4.52 Å². The van der Waals surface area contributed by atoms with Crippen LogP contribution in [-0.4, -0.2) is 51.3 Å². The molecule has 1 unspecified atom stereocenters. The van der Waals surface area contributed by atoms with Gasteiger partial charge in [0, 0.05) is 31.4 Å². The number of furan rings is 1. The van der Waals surface area contributed by atoms with E-state index in [9.17, 15) is 0 Å². The molecule has 5 heterocycles. The fourth-order valence-electron chi connectivity index (χ4n) is 3.74. The molecule has 0 aromatic carbocycles. The lowest BCUT2D eigenvalue weighted by molar-refractivity contribution is 0.0840. The van der Waals surface area contributed by atoms with Crippen molar-refractivity contribution in [1.29, 1.82) is 0 Å². The molecule has 1 aliphatic rings. The van der Waals surface area contributed by atoms with Gasteiger partial charge in [-0.1, -0.05) is 11.3 Å². The van der Waals surface area contributed by atoms with Gasteiger partial charge in [0.05, 0.1) is 24.4 Å². The van der Waals surface area contributed by atoms with E-state index in [4.69, 9.17) is 4.42 Å². The SMILES string of the molecule is CN1CCN(Cc2ccco2)CC1c1nnn2cc(-c3ccsc3)ccc12. The smallest absolute Gasteiger partial charge is 0.117 e. The molecule has 0 saturated carbocycles. The molecule has 1 fully saturated rings. The Morgan fingerprint density at radius 1 is 1.19 bits per heavy atom. The number of rotatable bonds is 4. The quantitative estimate of drug-likeness (QED) is 0.543. The summed E-state index contributed by atoms with van der Waals surface area (Å²) in [5.74, 6) is 1.01. The second-order valence-corrected chi connectivity index (χ2v) is 7.83. The molecule has 1 atom stereocenters. The number of nitrogens with zero attached hydrogens (tertiary/aromatic N) is 5. The predicted molar refractivity (Wildman–Crippen MR) is 106 cm³/mol. The molecule has 0 spiro atoms. The zero-order chi connectivity index (χ0) is 18.2. The summed E-state index contributed by atoms with van der Waals surface area (Å²) in [6.07, 6.45) is 3.80. The number of hydrogen-bond donors (Lipinski definition) is 0. The van der Waals surface area contributed by atoms with Crippen LogP contribution in [0.2, 0.25) is 0 Å². The Balaban J connectivity index is 1.43. The molecule has 27 heavy (non-hydrogen) atoms. The van der Waals surface area contributed by atoms with Gasteiger partial charge >= 0.3 is 0 Å². The standard InChI is InChI=1S/C20H21N5OS/c1-23-7-8-24(12-17-3-2-9-26-17)13-19(23)20-18-5-4-15(11-25(18)22-21-20)16-6-10-27-14-16/h2-6,9-11,14,19H,7-8,12-13H2,1H3. The summed E-state index contributed by atoms with van der Waals surface area (Å²) in [6.45, 7) is 3.77. The first-order valence-corrected chi connectivity index (χ1v) is 10.0. The van der Waals surface area contributed by atoms with Crippen molar-refractivity contribution < 1.29 is 4.42 Å². The highest BCUT2D eigenvalue weighted by molar-refractivity contribution is 7.08. The summed E-state index contributed by atoms with van der Waals surface area (Å²) in [4.78, 5) is 4.80. The third-order valence-electron chi connectivity index (χ3n) is 5.30. The van der Waals surface area contributed by atoms with Gasteiger partial charge in [0.15, 0.2) is 0 Å². The number of piperazine rings is 1. The van der Waals surface area contributed by atoms with E-state index in [1.165, 1.54) is 5.56 Å². The Hall–Kier alpha value is -2.48. The number of fused-ring (bicyclic) bond motifs is 1. The van der Waals surface area contributed by atoms with Crippen LogP contribution in [0.25, 0.3) is 16.6 Å². The molecule has 0 bridgehead atoms. The Labute approximate surface area is 161 Å². The maximum atomic E-state index is 5.52. The van der Waals surface area contributed by atoms with Gasteiger partial charge in [-0.15, -0.1) is 5.10 Å². The molecule has 0 radical (unpaired) electrons. The highest BCUT2D eigenvalue weighted by atomic mass is 32.1.